The summed E-state index contributed by atoms with van der Waals surface area (Å²) in [5.74, 6) is 0.114. The number of hydrogen-bond donors (Lipinski definition) is 3. The van der Waals surface area contributed by atoms with Crippen molar-refractivity contribution in [2.75, 3.05) is 18.5 Å². The normalized spacial score (nSPS) is 24.2. The number of anilines is 1. The quantitative estimate of drug-likeness (QED) is 0.684. The predicted molar refractivity (Wildman–Crippen MR) is 106 cm³/mol. The Hall–Kier alpha value is -2.39. The lowest BCUT2D eigenvalue weighted by atomic mass is 9.97. The van der Waals surface area contributed by atoms with Crippen molar-refractivity contribution in [2.45, 2.75) is 56.9 Å². The zero-order valence-electron chi connectivity index (χ0n) is 16.7. The number of fused-ring (bicyclic) bond motifs is 2. The first-order valence-electron chi connectivity index (χ1n) is 10.2. The van der Waals surface area contributed by atoms with E-state index < -0.39 is 17.5 Å². The molecule has 0 spiro atoms. The van der Waals surface area contributed by atoms with Crippen LogP contribution < -0.4 is 5.32 Å². The molecule has 2 aliphatic rings. The minimum absolute atomic E-state index is 0.143. The van der Waals surface area contributed by atoms with Crippen LogP contribution in [0.2, 0.25) is 0 Å². The molecule has 2 fully saturated rings. The smallest absolute Gasteiger partial charge is 0.416 e. The standard InChI is InChI=1S/C21H25F3N4O2/c1-12-10-13(21(22,23)24)11-18(30)20(12)16-5-7-19(27-26-16)25-15-4-2-14-3-6-17(15)28(14)8-9-29/h5,7,10-11,14-15,17,29-30H,2-4,6,8-9H2,1H3,(H,25,27)/t14-,15-,17+/m0/s1. The van der Waals surface area contributed by atoms with E-state index in [1.807, 2.05) is 0 Å². The molecule has 3 atom stereocenters. The molecule has 2 aliphatic heterocycles. The topological polar surface area (TPSA) is 81.5 Å². The molecular weight excluding hydrogens is 397 g/mol. The molecule has 3 heterocycles. The number of phenolic OH excluding ortho intramolecular Hbond substituents is 1. The van der Waals surface area contributed by atoms with Crippen LogP contribution in [0, 0.1) is 6.92 Å². The van der Waals surface area contributed by atoms with Crippen LogP contribution in [0.1, 0.15) is 36.8 Å². The number of aliphatic hydroxyl groups is 1. The highest BCUT2D eigenvalue weighted by atomic mass is 19.4. The fourth-order valence-electron chi connectivity index (χ4n) is 4.90. The number of aryl methyl sites for hydroxylation is 1. The van der Waals surface area contributed by atoms with Crippen LogP contribution in [0.25, 0.3) is 11.3 Å². The van der Waals surface area contributed by atoms with Crippen LogP contribution in [-0.2, 0) is 6.18 Å². The van der Waals surface area contributed by atoms with Gasteiger partial charge in [0.2, 0.25) is 0 Å². The summed E-state index contributed by atoms with van der Waals surface area (Å²) in [6.07, 6.45) is -0.229. The zero-order valence-corrected chi connectivity index (χ0v) is 16.7. The molecule has 3 N–H and O–H groups in total. The molecular formula is C21H25F3N4O2. The molecule has 4 rings (SSSR count). The van der Waals surface area contributed by atoms with Gasteiger partial charge in [0.1, 0.15) is 11.6 Å². The maximum absolute atomic E-state index is 12.9. The summed E-state index contributed by atoms with van der Waals surface area (Å²) in [6, 6.07) is 6.18. The second kappa shape index (κ2) is 8.03. The average Bonchev–Trinajstić information content (AvgIpc) is 2.96. The number of piperidine rings is 1. The van der Waals surface area contributed by atoms with Crippen LogP contribution in [0.4, 0.5) is 19.0 Å². The third-order valence-corrected chi connectivity index (χ3v) is 6.22. The SMILES string of the molecule is Cc1cc(C(F)(F)F)cc(O)c1-c1ccc(N[C@H]2CC[C@H]3CC[C@H]2N3CCO)nn1. The number of nitrogens with one attached hydrogen (secondary N) is 1. The van der Waals surface area contributed by atoms with Crippen molar-refractivity contribution in [3.05, 3.63) is 35.4 Å². The maximum Gasteiger partial charge on any atom is 0.416 e. The van der Waals surface area contributed by atoms with E-state index in [0.717, 1.165) is 31.7 Å². The number of aromatic hydroxyl groups is 1. The number of aliphatic hydroxyl groups excluding tert-OH is 1. The Morgan fingerprint density at radius 3 is 2.53 bits per heavy atom. The zero-order chi connectivity index (χ0) is 21.5. The largest absolute Gasteiger partial charge is 0.507 e. The van der Waals surface area contributed by atoms with Gasteiger partial charge in [-0.15, -0.1) is 10.2 Å². The second-order valence-electron chi connectivity index (χ2n) is 8.08. The number of halogens is 3. The Balaban J connectivity index is 1.51. The van der Waals surface area contributed by atoms with Gasteiger partial charge < -0.3 is 15.5 Å². The van der Waals surface area contributed by atoms with Crippen LogP contribution >= 0.6 is 0 Å². The number of nitrogens with zero attached hydrogens (tertiary/aromatic N) is 3. The summed E-state index contributed by atoms with van der Waals surface area (Å²) in [6.45, 7) is 2.32. The lowest BCUT2D eigenvalue weighted by molar-refractivity contribution is -0.137. The lowest BCUT2D eigenvalue weighted by Gasteiger charge is -2.40. The van der Waals surface area contributed by atoms with Crippen molar-refractivity contribution < 1.29 is 23.4 Å². The van der Waals surface area contributed by atoms with E-state index in [1.54, 1.807) is 12.1 Å². The third-order valence-electron chi connectivity index (χ3n) is 6.22. The average molecular weight is 422 g/mol. The summed E-state index contributed by atoms with van der Waals surface area (Å²) < 4.78 is 38.8. The molecule has 9 heteroatoms. The Kier molecular flexibility index (Phi) is 5.59. The van der Waals surface area contributed by atoms with Crippen molar-refractivity contribution in [1.82, 2.24) is 15.1 Å². The van der Waals surface area contributed by atoms with E-state index in [0.29, 0.717) is 36.2 Å². The molecule has 0 radical (unpaired) electrons. The van der Waals surface area contributed by atoms with Crippen LogP contribution in [0.5, 0.6) is 5.75 Å². The van der Waals surface area contributed by atoms with Gasteiger partial charge in [0.25, 0.3) is 0 Å². The second-order valence-corrected chi connectivity index (χ2v) is 8.08. The van der Waals surface area contributed by atoms with Gasteiger partial charge in [-0.1, -0.05) is 0 Å². The summed E-state index contributed by atoms with van der Waals surface area (Å²) in [5.41, 5.74) is -0.0587. The van der Waals surface area contributed by atoms with Crippen LogP contribution in [0.15, 0.2) is 24.3 Å². The molecule has 30 heavy (non-hydrogen) atoms. The first-order chi connectivity index (χ1) is 14.3. The Morgan fingerprint density at radius 2 is 1.90 bits per heavy atom. The van der Waals surface area contributed by atoms with Gasteiger partial charge in [0.05, 0.1) is 17.9 Å². The Bertz CT molecular complexity index is 881. The summed E-state index contributed by atoms with van der Waals surface area (Å²) >= 11 is 0. The van der Waals surface area contributed by atoms with Crippen molar-refractivity contribution >= 4 is 5.82 Å². The van der Waals surface area contributed by atoms with Crippen molar-refractivity contribution in [3.8, 4) is 17.0 Å². The molecule has 1 aromatic heterocycles. The van der Waals surface area contributed by atoms with E-state index >= 15 is 0 Å². The van der Waals surface area contributed by atoms with Gasteiger partial charge in [0.15, 0.2) is 0 Å². The van der Waals surface area contributed by atoms with E-state index in [9.17, 15) is 23.4 Å². The van der Waals surface area contributed by atoms with E-state index in [2.05, 4.69) is 20.4 Å². The van der Waals surface area contributed by atoms with Crippen LogP contribution in [0.3, 0.4) is 0 Å². The number of benzene rings is 1. The van der Waals surface area contributed by atoms with Gasteiger partial charge in [0, 0.05) is 30.2 Å². The summed E-state index contributed by atoms with van der Waals surface area (Å²) in [4.78, 5) is 2.37. The van der Waals surface area contributed by atoms with E-state index in [1.165, 1.54) is 6.92 Å². The minimum atomic E-state index is -4.52. The maximum atomic E-state index is 12.9. The van der Waals surface area contributed by atoms with E-state index in [4.69, 9.17) is 0 Å². The number of aromatic nitrogens is 2. The van der Waals surface area contributed by atoms with Crippen LogP contribution in [-0.4, -0.2) is 56.6 Å². The molecule has 0 saturated carbocycles. The van der Waals surface area contributed by atoms with Gasteiger partial charge in [-0.05, 0) is 62.4 Å². The molecule has 162 valence electrons. The number of phenols is 1. The molecule has 2 bridgehead atoms. The van der Waals surface area contributed by atoms with Crippen molar-refractivity contribution in [3.63, 3.8) is 0 Å². The highest BCUT2D eigenvalue weighted by Crippen LogP contribution is 2.39. The van der Waals surface area contributed by atoms with E-state index in [-0.39, 0.29) is 23.8 Å². The van der Waals surface area contributed by atoms with Gasteiger partial charge >= 0.3 is 6.18 Å². The highest BCUT2D eigenvalue weighted by molar-refractivity contribution is 5.71. The molecule has 0 unspecified atom stereocenters. The number of alkyl halides is 3. The first-order valence-corrected chi connectivity index (χ1v) is 10.2. The minimum Gasteiger partial charge on any atom is -0.507 e. The third kappa shape index (κ3) is 3.96. The van der Waals surface area contributed by atoms with Crippen molar-refractivity contribution in [1.29, 1.82) is 0 Å². The van der Waals surface area contributed by atoms with Gasteiger partial charge in [-0.25, -0.2) is 0 Å². The number of hydrogen-bond acceptors (Lipinski definition) is 6. The molecule has 2 aromatic rings. The van der Waals surface area contributed by atoms with Crippen molar-refractivity contribution in [2.24, 2.45) is 0 Å². The highest BCUT2D eigenvalue weighted by Gasteiger charge is 2.42. The number of rotatable bonds is 5. The lowest BCUT2D eigenvalue weighted by Crippen LogP contribution is -2.51. The van der Waals surface area contributed by atoms with Gasteiger partial charge in [-0.2, -0.15) is 13.2 Å². The predicted octanol–water partition coefficient (Wildman–Crippen LogP) is 3.58. The first kappa shape index (κ1) is 20.9. The molecule has 6 nitrogen and oxygen atoms in total. The Morgan fingerprint density at radius 1 is 1.13 bits per heavy atom. The molecule has 0 aliphatic carbocycles. The molecule has 0 amide bonds. The molecule has 1 aromatic carbocycles. The Labute approximate surface area is 172 Å². The molecule has 2 saturated heterocycles. The monoisotopic (exact) mass is 422 g/mol. The fraction of sp³-hybridized carbons (Fsp3) is 0.524. The fourth-order valence-corrected chi connectivity index (χ4v) is 4.90. The summed E-state index contributed by atoms with van der Waals surface area (Å²) in [5, 5.41) is 31.3. The summed E-state index contributed by atoms with van der Waals surface area (Å²) in [7, 11) is 0. The van der Waals surface area contributed by atoms with Gasteiger partial charge in [-0.3, -0.25) is 4.90 Å².